The minimum atomic E-state index is -0.685. The van der Waals surface area contributed by atoms with Gasteiger partial charge in [-0.2, -0.15) is 10.4 Å². The van der Waals surface area contributed by atoms with Crippen LogP contribution in [0.5, 0.6) is 5.75 Å². The van der Waals surface area contributed by atoms with E-state index in [1.54, 1.807) is 18.1 Å². The van der Waals surface area contributed by atoms with E-state index in [0.29, 0.717) is 13.0 Å². The summed E-state index contributed by atoms with van der Waals surface area (Å²) in [5.41, 5.74) is 1.49. The van der Waals surface area contributed by atoms with Gasteiger partial charge in [-0.1, -0.05) is 42.5 Å². The second-order valence-electron chi connectivity index (χ2n) is 6.00. The standard InChI is InChI=1S/C20H20N4O/c1-25-19-9-7-18(8-10-19)20(13-21,14-24-16-22-15-23-24)12-11-17-5-3-2-4-6-17/h2-10,15-16H,11-12,14H2,1H3. The van der Waals surface area contributed by atoms with Crippen LogP contribution in [0.1, 0.15) is 17.5 Å². The monoisotopic (exact) mass is 332 g/mol. The minimum Gasteiger partial charge on any atom is -0.497 e. The summed E-state index contributed by atoms with van der Waals surface area (Å²) in [4.78, 5) is 4.00. The van der Waals surface area contributed by atoms with Crippen molar-refractivity contribution >= 4 is 0 Å². The molecule has 3 rings (SSSR count). The van der Waals surface area contributed by atoms with E-state index < -0.39 is 5.41 Å². The highest BCUT2D eigenvalue weighted by Gasteiger charge is 2.33. The maximum atomic E-state index is 10.1. The molecule has 0 fully saturated rings. The highest BCUT2D eigenvalue weighted by molar-refractivity contribution is 5.37. The van der Waals surface area contributed by atoms with E-state index in [-0.39, 0.29) is 0 Å². The second kappa shape index (κ2) is 7.63. The first kappa shape index (κ1) is 16.7. The third kappa shape index (κ3) is 3.86. The van der Waals surface area contributed by atoms with Crippen LogP contribution in [0, 0.1) is 11.3 Å². The molecule has 1 heterocycles. The summed E-state index contributed by atoms with van der Waals surface area (Å²) in [6.45, 7) is 0.461. The summed E-state index contributed by atoms with van der Waals surface area (Å²) in [7, 11) is 1.64. The lowest BCUT2D eigenvalue weighted by Crippen LogP contribution is -2.31. The molecule has 0 saturated carbocycles. The fourth-order valence-corrected chi connectivity index (χ4v) is 2.97. The Bertz CT molecular complexity index is 822. The summed E-state index contributed by atoms with van der Waals surface area (Å²) in [6.07, 6.45) is 4.65. The summed E-state index contributed by atoms with van der Waals surface area (Å²) < 4.78 is 6.96. The van der Waals surface area contributed by atoms with Crippen molar-refractivity contribution in [3.05, 3.63) is 78.4 Å². The molecular formula is C20H20N4O. The number of hydrogen-bond acceptors (Lipinski definition) is 4. The number of methoxy groups -OCH3 is 1. The lowest BCUT2D eigenvalue weighted by Gasteiger charge is -2.27. The molecule has 1 atom stereocenters. The molecule has 0 spiro atoms. The van der Waals surface area contributed by atoms with E-state index in [0.717, 1.165) is 17.7 Å². The van der Waals surface area contributed by atoms with Crippen molar-refractivity contribution in [2.45, 2.75) is 24.8 Å². The summed E-state index contributed by atoms with van der Waals surface area (Å²) in [5.74, 6) is 0.777. The molecule has 0 aliphatic rings. The lowest BCUT2D eigenvalue weighted by atomic mass is 9.77. The highest BCUT2D eigenvalue weighted by atomic mass is 16.5. The number of hydrogen-bond donors (Lipinski definition) is 0. The van der Waals surface area contributed by atoms with Crippen LogP contribution >= 0.6 is 0 Å². The molecule has 0 radical (unpaired) electrons. The van der Waals surface area contributed by atoms with Crippen LogP contribution in [0.25, 0.3) is 0 Å². The first-order valence-electron chi connectivity index (χ1n) is 8.18. The Labute approximate surface area is 147 Å². The highest BCUT2D eigenvalue weighted by Crippen LogP contribution is 2.32. The van der Waals surface area contributed by atoms with E-state index in [1.807, 2.05) is 42.5 Å². The molecule has 126 valence electrons. The molecule has 0 bridgehead atoms. The van der Waals surface area contributed by atoms with E-state index >= 15 is 0 Å². The molecule has 0 saturated heterocycles. The summed E-state index contributed by atoms with van der Waals surface area (Å²) >= 11 is 0. The molecule has 0 amide bonds. The first-order chi connectivity index (χ1) is 12.3. The molecule has 5 heteroatoms. The van der Waals surface area contributed by atoms with Crippen LogP contribution in [-0.2, 0) is 18.4 Å². The van der Waals surface area contributed by atoms with E-state index in [1.165, 1.54) is 11.9 Å². The summed E-state index contributed by atoms with van der Waals surface area (Å²) in [6, 6.07) is 20.5. The van der Waals surface area contributed by atoms with Gasteiger partial charge in [0.25, 0.3) is 0 Å². The average Bonchev–Trinajstić information content (AvgIpc) is 3.19. The smallest absolute Gasteiger partial charge is 0.137 e. The van der Waals surface area contributed by atoms with Gasteiger partial charge >= 0.3 is 0 Å². The first-order valence-corrected chi connectivity index (χ1v) is 8.18. The van der Waals surface area contributed by atoms with Crippen molar-refractivity contribution in [1.82, 2.24) is 14.8 Å². The molecule has 25 heavy (non-hydrogen) atoms. The predicted molar refractivity (Wildman–Crippen MR) is 95.1 cm³/mol. The Kier molecular flexibility index (Phi) is 5.10. The van der Waals surface area contributed by atoms with Crippen LogP contribution in [0.4, 0.5) is 0 Å². The van der Waals surface area contributed by atoms with Gasteiger partial charge in [-0.05, 0) is 36.1 Å². The molecule has 0 N–H and O–H groups in total. The average molecular weight is 332 g/mol. The molecule has 0 aliphatic carbocycles. The van der Waals surface area contributed by atoms with Crippen molar-refractivity contribution in [2.75, 3.05) is 7.11 Å². The third-order valence-corrected chi connectivity index (χ3v) is 4.44. The van der Waals surface area contributed by atoms with Crippen molar-refractivity contribution in [1.29, 1.82) is 5.26 Å². The van der Waals surface area contributed by atoms with Crippen LogP contribution in [0.3, 0.4) is 0 Å². The van der Waals surface area contributed by atoms with Gasteiger partial charge in [-0.15, -0.1) is 0 Å². The lowest BCUT2D eigenvalue weighted by molar-refractivity contribution is 0.398. The number of benzene rings is 2. The number of aryl methyl sites for hydroxylation is 1. The van der Waals surface area contributed by atoms with Gasteiger partial charge in [0.05, 0.1) is 19.7 Å². The van der Waals surface area contributed by atoms with Crippen LogP contribution in [-0.4, -0.2) is 21.9 Å². The normalized spacial score (nSPS) is 13.0. The zero-order valence-corrected chi connectivity index (χ0v) is 14.2. The number of nitrogens with zero attached hydrogens (tertiary/aromatic N) is 4. The van der Waals surface area contributed by atoms with Crippen molar-refractivity contribution in [3.8, 4) is 11.8 Å². The van der Waals surface area contributed by atoms with Gasteiger partial charge in [0.1, 0.15) is 23.8 Å². The topological polar surface area (TPSA) is 63.7 Å². The van der Waals surface area contributed by atoms with Crippen LogP contribution < -0.4 is 4.74 Å². The van der Waals surface area contributed by atoms with Gasteiger partial charge in [0, 0.05) is 0 Å². The van der Waals surface area contributed by atoms with Gasteiger partial charge in [0.2, 0.25) is 0 Å². The van der Waals surface area contributed by atoms with E-state index in [4.69, 9.17) is 4.74 Å². The van der Waals surface area contributed by atoms with Gasteiger partial charge < -0.3 is 4.74 Å². The molecular weight excluding hydrogens is 312 g/mol. The zero-order chi connectivity index (χ0) is 17.5. The molecule has 3 aromatic rings. The Balaban J connectivity index is 1.92. The zero-order valence-electron chi connectivity index (χ0n) is 14.2. The number of ether oxygens (including phenoxy) is 1. The largest absolute Gasteiger partial charge is 0.497 e. The fourth-order valence-electron chi connectivity index (χ4n) is 2.97. The van der Waals surface area contributed by atoms with Crippen molar-refractivity contribution in [2.24, 2.45) is 0 Å². The van der Waals surface area contributed by atoms with Crippen LogP contribution in [0.15, 0.2) is 67.3 Å². The van der Waals surface area contributed by atoms with Crippen molar-refractivity contribution < 1.29 is 4.74 Å². The Hall–Kier alpha value is -3.13. The SMILES string of the molecule is COc1ccc(C(C#N)(CCc2ccccc2)Cn2cncn2)cc1. The van der Waals surface area contributed by atoms with Gasteiger partial charge in [-0.25, -0.2) is 4.98 Å². The number of rotatable bonds is 7. The Morgan fingerprint density at radius 2 is 1.88 bits per heavy atom. The van der Waals surface area contributed by atoms with E-state index in [2.05, 4.69) is 28.3 Å². The second-order valence-corrected chi connectivity index (χ2v) is 6.00. The fraction of sp³-hybridized carbons (Fsp3) is 0.250. The molecule has 5 nitrogen and oxygen atoms in total. The van der Waals surface area contributed by atoms with Crippen molar-refractivity contribution in [3.63, 3.8) is 0 Å². The quantitative estimate of drug-likeness (QED) is 0.665. The minimum absolute atomic E-state index is 0.461. The third-order valence-electron chi connectivity index (χ3n) is 4.44. The number of aromatic nitrogens is 3. The predicted octanol–water partition coefficient (Wildman–Crippen LogP) is 3.38. The Morgan fingerprint density at radius 3 is 2.48 bits per heavy atom. The van der Waals surface area contributed by atoms with E-state index in [9.17, 15) is 5.26 Å². The number of nitriles is 1. The summed E-state index contributed by atoms with van der Waals surface area (Å²) in [5, 5.41) is 14.3. The van der Waals surface area contributed by atoms with Gasteiger partial charge in [-0.3, -0.25) is 4.68 Å². The van der Waals surface area contributed by atoms with Gasteiger partial charge in [0.15, 0.2) is 0 Å². The Morgan fingerprint density at radius 1 is 1.12 bits per heavy atom. The maximum absolute atomic E-state index is 10.1. The molecule has 0 aliphatic heterocycles. The molecule has 1 aromatic heterocycles. The van der Waals surface area contributed by atoms with Crippen LogP contribution in [0.2, 0.25) is 0 Å². The maximum Gasteiger partial charge on any atom is 0.137 e. The molecule has 1 unspecified atom stereocenters. The molecule has 2 aromatic carbocycles.